The molecule has 8 aromatic carbocycles. The standard InChI is InChI=1S/C52H31N3O/c1-2-14-32(15-3-1)49-53-50(55-51(54-49)34-27-29-42-41-21-9-13-25-47(41)56-48(42)31-34)33-26-28-40-36-17-5-4-16-35(36)37-18-6-10-22-43(37)52(46(40)30-33)44-23-11-7-19-38(44)39-20-8-12-24-45(39)52/h1-31H/i1D,2D,3D,14D,15D. The molecule has 0 saturated carbocycles. The quantitative estimate of drug-likeness (QED) is 0.182. The van der Waals surface area contributed by atoms with Crippen molar-refractivity contribution in [1.82, 2.24) is 15.0 Å². The lowest BCUT2D eigenvalue weighted by molar-refractivity contribution is 0.669. The molecule has 0 saturated heterocycles. The highest BCUT2D eigenvalue weighted by Crippen LogP contribution is 2.61. The average molecular weight is 719 g/mol. The van der Waals surface area contributed by atoms with Gasteiger partial charge in [-0.2, -0.15) is 0 Å². The molecule has 2 aliphatic rings. The molecule has 260 valence electrons. The minimum Gasteiger partial charge on any atom is -0.456 e. The monoisotopic (exact) mass is 718 g/mol. The summed E-state index contributed by atoms with van der Waals surface area (Å²) in [4.78, 5) is 15.0. The molecule has 1 spiro atoms. The highest BCUT2D eigenvalue weighted by Gasteiger charge is 2.49. The SMILES string of the molecule is [2H]c1c([2H])c([2H])c(-c2nc(-c3ccc4c(c3)C3(c5ccccc5-c5ccccc5-4)c4ccccc4-c4ccccc43)nc(-c3ccc4c(c3)oc3ccccc34)n2)c([2H])c1[2H]. The molecule has 4 heteroatoms. The number of rotatable bonds is 3. The van der Waals surface area contributed by atoms with Crippen LogP contribution < -0.4 is 0 Å². The number of hydrogen-bond acceptors (Lipinski definition) is 4. The zero-order chi connectivity index (χ0) is 41.1. The third kappa shape index (κ3) is 4.32. The fourth-order valence-corrected chi connectivity index (χ4v) is 9.16. The molecule has 0 atom stereocenters. The summed E-state index contributed by atoms with van der Waals surface area (Å²) in [6.45, 7) is 0. The van der Waals surface area contributed by atoms with Crippen molar-refractivity contribution >= 4 is 21.9 Å². The number of benzene rings is 8. The first-order valence-electron chi connectivity index (χ1n) is 21.1. The van der Waals surface area contributed by atoms with Crippen LogP contribution in [0.25, 0.3) is 89.5 Å². The van der Waals surface area contributed by atoms with Gasteiger partial charge in [-0.25, -0.2) is 15.0 Å². The average Bonchev–Trinajstić information content (AvgIpc) is 3.80. The van der Waals surface area contributed by atoms with Gasteiger partial charge in [0.05, 0.1) is 12.3 Å². The number of nitrogens with zero attached hydrogens (tertiary/aromatic N) is 3. The van der Waals surface area contributed by atoms with Crippen molar-refractivity contribution in [3.05, 3.63) is 210 Å². The van der Waals surface area contributed by atoms with Crippen LogP contribution in [0.2, 0.25) is 0 Å². The molecule has 0 N–H and O–H groups in total. The lowest BCUT2D eigenvalue weighted by Crippen LogP contribution is -2.29. The summed E-state index contributed by atoms with van der Waals surface area (Å²) < 4.78 is 49.5. The summed E-state index contributed by atoms with van der Waals surface area (Å²) in [6.07, 6.45) is 0. The van der Waals surface area contributed by atoms with Gasteiger partial charge in [0, 0.05) is 27.5 Å². The minimum atomic E-state index is -0.744. The summed E-state index contributed by atoms with van der Waals surface area (Å²) >= 11 is 0. The molecule has 4 nitrogen and oxygen atoms in total. The topological polar surface area (TPSA) is 51.8 Å². The highest BCUT2D eigenvalue weighted by molar-refractivity contribution is 6.06. The number of fused-ring (bicyclic) bond motifs is 15. The third-order valence-electron chi connectivity index (χ3n) is 11.5. The molecule has 2 aliphatic carbocycles. The minimum absolute atomic E-state index is 0.0291. The lowest BCUT2D eigenvalue weighted by Gasteiger charge is -2.35. The van der Waals surface area contributed by atoms with Crippen LogP contribution in [-0.4, -0.2) is 15.0 Å². The Labute approximate surface area is 330 Å². The van der Waals surface area contributed by atoms with Gasteiger partial charge >= 0.3 is 0 Å². The van der Waals surface area contributed by atoms with E-state index in [0.717, 1.165) is 49.7 Å². The van der Waals surface area contributed by atoms with Gasteiger partial charge in [-0.05, 0) is 79.9 Å². The molecule has 0 aliphatic heterocycles. The zero-order valence-electron chi connectivity index (χ0n) is 34.8. The molecule has 0 bridgehead atoms. The molecule has 0 fully saturated rings. The third-order valence-corrected chi connectivity index (χ3v) is 11.5. The maximum absolute atomic E-state index is 8.94. The first kappa shape index (κ1) is 26.4. The summed E-state index contributed by atoms with van der Waals surface area (Å²) in [5.41, 5.74) is 13.2. The number of furan rings is 1. The van der Waals surface area contributed by atoms with E-state index in [1.807, 2.05) is 48.5 Å². The van der Waals surface area contributed by atoms with Crippen molar-refractivity contribution in [2.24, 2.45) is 0 Å². The number of aromatic nitrogens is 3. The van der Waals surface area contributed by atoms with Gasteiger partial charge in [0.2, 0.25) is 0 Å². The van der Waals surface area contributed by atoms with Crippen LogP contribution in [-0.2, 0) is 5.41 Å². The Kier molecular flexibility index (Phi) is 5.55. The Morgan fingerprint density at radius 3 is 1.48 bits per heavy atom. The van der Waals surface area contributed by atoms with Crippen LogP contribution in [0.1, 0.15) is 29.1 Å². The van der Waals surface area contributed by atoms with Gasteiger partial charge in [-0.1, -0.05) is 164 Å². The largest absolute Gasteiger partial charge is 0.456 e. The molecule has 0 radical (unpaired) electrons. The first-order chi connectivity index (χ1) is 29.8. The van der Waals surface area contributed by atoms with Crippen molar-refractivity contribution in [3.8, 4) is 67.5 Å². The maximum atomic E-state index is 8.94. The summed E-state index contributed by atoms with van der Waals surface area (Å²) in [5, 5.41) is 1.92. The molecule has 0 amide bonds. The van der Waals surface area contributed by atoms with Crippen molar-refractivity contribution < 1.29 is 11.3 Å². The molecule has 2 heterocycles. The smallest absolute Gasteiger partial charge is 0.164 e. The normalized spacial score (nSPS) is 14.4. The van der Waals surface area contributed by atoms with Crippen molar-refractivity contribution in [1.29, 1.82) is 0 Å². The molecule has 56 heavy (non-hydrogen) atoms. The van der Waals surface area contributed by atoms with E-state index >= 15 is 0 Å². The fraction of sp³-hybridized carbons (Fsp3) is 0.0192. The van der Waals surface area contributed by atoms with E-state index < -0.39 is 35.6 Å². The predicted molar refractivity (Wildman–Crippen MR) is 225 cm³/mol. The van der Waals surface area contributed by atoms with Gasteiger partial charge in [0.1, 0.15) is 11.2 Å². The predicted octanol–water partition coefficient (Wildman–Crippen LogP) is 12.8. The molecule has 2 aromatic heterocycles. The second-order valence-electron chi connectivity index (χ2n) is 14.3. The van der Waals surface area contributed by atoms with E-state index in [1.165, 1.54) is 22.3 Å². The van der Waals surface area contributed by atoms with E-state index in [4.69, 9.17) is 26.2 Å². The summed E-state index contributed by atoms with van der Waals surface area (Å²) in [6, 6.07) is 52.3. The van der Waals surface area contributed by atoms with E-state index in [2.05, 4.69) is 109 Å². The molecule has 12 rings (SSSR count). The van der Waals surface area contributed by atoms with Gasteiger partial charge < -0.3 is 4.42 Å². The van der Waals surface area contributed by atoms with Gasteiger partial charge in [0.15, 0.2) is 17.5 Å². The van der Waals surface area contributed by atoms with Crippen LogP contribution in [0, 0.1) is 0 Å². The molecule has 0 unspecified atom stereocenters. The Hall–Kier alpha value is -7.43. The van der Waals surface area contributed by atoms with Crippen LogP contribution in [0.4, 0.5) is 0 Å². The van der Waals surface area contributed by atoms with Crippen molar-refractivity contribution in [2.75, 3.05) is 0 Å². The second-order valence-corrected chi connectivity index (χ2v) is 14.3. The Balaban J connectivity index is 1.17. The van der Waals surface area contributed by atoms with Crippen LogP contribution in [0.5, 0.6) is 0 Å². The Bertz CT molecular complexity index is 3450. The molecular weight excluding hydrogens is 683 g/mol. The number of hydrogen-bond donors (Lipinski definition) is 0. The number of para-hydroxylation sites is 1. The summed E-state index contributed by atoms with van der Waals surface area (Å²) in [5.74, 6) is 0.532. The Morgan fingerprint density at radius 1 is 0.375 bits per heavy atom. The van der Waals surface area contributed by atoms with Gasteiger partial charge in [-0.3, -0.25) is 0 Å². The molecule has 10 aromatic rings. The van der Waals surface area contributed by atoms with Crippen LogP contribution in [0.3, 0.4) is 0 Å². The van der Waals surface area contributed by atoms with E-state index in [1.54, 1.807) is 0 Å². The van der Waals surface area contributed by atoms with Crippen molar-refractivity contribution in [2.45, 2.75) is 5.41 Å². The van der Waals surface area contributed by atoms with E-state index in [0.29, 0.717) is 22.5 Å². The van der Waals surface area contributed by atoms with Gasteiger partial charge in [-0.15, -0.1) is 0 Å². The second kappa shape index (κ2) is 11.8. The van der Waals surface area contributed by atoms with Gasteiger partial charge in [0.25, 0.3) is 0 Å². The van der Waals surface area contributed by atoms with E-state index in [9.17, 15) is 0 Å². The highest BCUT2D eigenvalue weighted by atomic mass is 16.3. The van der Waals surface area contributed by atoms with Crippen molar-refractivity contribution in [3.63, 3.8) is 0 Å². The summed E-state index contributed by atoms with van der Waals surface area (Å²) in [7, 11) is 0. The lowest BCUT2D eigenvalue weighted by atomic mass is 9.65. The fourth-order valence-electron chi connectivity index (χ4n) is 9.16. The maximum Gasteiger partial charge on any atom is 0.164 e. The van der Waals surface area contributed by atoms with E-state index in [-0.39, 0.29) is 17.2 Å². The molecular formula is C52H31N3O. The zero-order valence-corrected chi connectivity index (χ0v) is 29.8. The van der Waals surface area contributed by atoms with Crippen LogP contribution >= 0.6 is 0 Å². The Morgan fingerprint density at radius 2 is 0.839 bits per heavy atom. The van der Waals surface area contributed by atoms with Crippen LogP contribution in [0.15, 0.2) is 192 Å². The first-order valence-corrected chi connectivity index (χ1v) is 18.6.